The smallest absolute Gasteiger partial charge is 0.0557 e. The molecule has 58 valence electrons. The Kier molecular flexibility index (Phi) is 1.86. The van der Waals surface area contributed by atoms with E-state index in [9.17, 15) is 0 Å². The first-order chi connectivity index (χ1) is 4.60. The Labute approximate surface area is 62.8 Å². The summed E-state index contributed by atoms with van der Waals surface area (Å²) in [4.78, 5) is 0. The molecule has 0 atom stereocenters. The van der Waals surface area contributed by atoms with Crippen molar-refractivity contribution in [2.24, 2.45) is 11.3 Å². The second-order valence-electron chi connectivity index (χ2n) is 3.65. The highest BCUT2D eigenvalue weighted by Gasteiger charge is 2.42. The van der Waals surface area contributed by atoms with Crippen LogP contribution in [0.5, 0.6) is 0 Å². The predicted octanol–water partition coefficient (Wildman–Crippen LogP) is 1.97. The molecule has 0 aliphatic heterocycles. The molecule has 10 heavy (non-hydrogen) atoms. The monoisotopic (exact) mass is 140 g/mol. The van der Waals surface area contributed by atoms with Crippen LogP contribution >= 0.6 is 0 Å². The molecular weight excluding hydrogens is 124 g/mol. The van der Waals surface area contributed by atoms with E-state index in [0.717, 1.165) is 12.8 Å². The Morgan fingerprint density at radius 2 is 2.10 bits per heavy atom. The van der Waals surface area contributed by atoms with Gasteiger partial charge < -0.3 is 5.11 Å². The fourth-order valence-electron chi connectivity index (χ4n) is 1.69. The van der Waals surface area contributed by atoms with E-state index in [0.29, 0.717) is 5.92 Å². The number of hydrogen-bond donors (Lipinski definition) is 1. The van der Waals surface area contributed by atoms with E-state index < -0.39 is 0 Å². The van der Waals surface area contributed by atoms with E-state index in [1.165, 1.54) is 0 Å². The summed E-state index contributed by atoms with van der Waals surface area (Å²) in [7, 11) is 0. The first-order valence-electron chi connectivity index (χ1n) is 3.92. The summed E-state index contributed by atoms with van der Waals surface area (Å²) in [6.45, 7) is 8.18. The fraction of sp³-hybridized carbons (Fsp3) is 0.778. The van der Waals surface area contributed by atoms with Crippen LogP contribution in [0.4, 0.5) is 0 Å². The van der Waals surface area contributed by atoms with Gasteiger partial charge in [0.15, 0.2) is 0 Å². The van der Waals surface area contributed by atoms with Gasteiger partial charge in [-0.25, -0.2) is 0 Å². The van der Waals surface area contributed by atoms with E-state index in [1.807, 2.05) is 6.08 Å². The minimum atomic E-state index is -0.0691. The van der Waals surface area contributed by atoms with Gasteiger partial charge in [0.25, 0.3) is 0 Å². The molecule has 0 heterocycles. The van der Waals surface area contributed by atoms with Crippen LogP contribution in [-0.2, 0) is 0 Å². The molecule has 0 amide bonds. The second kappa shape index (κ2) is 2.39. The standard InChI is InChI=1S/C9H16O/c1-4-9(7(2)3)5-8(10)6-9/h4,7-8,10H,1,5-6H2,2-3H3. The van der Waals surface area contributed by atoms with E-state index in [4.69, 9.17) is 5.11 Å². The Bertz CT molecular complexity index is 132. The molecule has 1 aliphatic rings. The molecule has 0 saturated heterocycles. The Hall–Kier alpha value is -0.300. The molecule has 1 fully saturated rings. The van der Waals surface area contributed by atoms with E-state index in [1.54, 1.807) is 0 Å². The van der Waals surface area contributed by atoms with Crippen molar-refractivity contribution in [2.75, 3.05) is 0 Å². The van der Waals surface area contributed by atoms with Gasteiger partial charge in [-0.05, 0) is 24.2 Å². The summed E-state index contributed by atoms with van der Waals surface area (Å²) in [5, 5.41) is 9.12. The van der Waals surface area contributed by atoms with Crippen LogP contribution < -0.4 is 0 Å². The lowest BCUT2D eigenvalue weighted by Gasteiger charge is -2.46. The van der Waals surface area contributed by atoms with Gasteiger partial charge in [-0.1, -0.05) is 19.9 Å². The average Bonchev–Trinajstić information content (AvgIpc) is 1.79. The quantitative estimate of drug-likeness (QED) is 0.581. The lowest BCUT2D eigenvalue weighted by molar-refractivity contribution is -0.0281. The molecule has 1 rings (SSSR count). The van der Waals surface area contributed by atoms with E-state index in [-0.39, 0.29) is 11.5 Å². The van der Waals surface area contributed by atoms with Crippen LogP contribution in [0.3, 0.4) is 0 Å². The minimum Gasteiger partial charge on any atom is -0.393 e. The fourth-order valence-corrected chi connectivity index (χ4v) is 1.69. The van der Waals surface area contributed by atoms with Crippen LogP contribution in [0.15, 0.2) is 12.7 Å². The van der Waals surface area contributed by atoms with Crippen LogP contribution in [0, 0.1) is 11.3 Å². The number of rotatable bonds is 2. The number of aliphatic hydroxyl groups excluding tert-OH is 1. The molecule has 0 spiro atoms. The Morgan fingerprint density at radius 3 is 2.20 bits per heavy atom. The van der Waals surface area contributed by atoms with Crippen molar-refractivity contribution in [3.63, 3.8) is 0 Å². The molecule has 1 N–H and O–H groups in total. The van der Waals surface area contributed by atoms with E-state index >= 15 is 0 Å². The highest BCUT2D eigenvalue weighted by Crippen LogP contribution is 2.47. The highest BCUT2D eigenvalue weighted by atomic mass is 16.3. The molecule has 1 saturated carbocycles. The molecule has 1 aliphatic carbocycles. The van der Waals surface area contributed by atoms with Gasteiger partial charge in [-0.2, -0.15) is 0 Å². The maximum atomic E-state index is 9.12. The summed E-state index contributed by atoms with van der Waals surface area (Å²) < 4.78 is 0. The van der Waals surface area contributed by atoms with Crippen molar-refractivity contribution in [1.29, 1.82) is 0 Å². The van der Waals surface area contributed by atoms with Gasteiger partial charge in [0.05, 0.1) is 6.10 Å². The zero-order chi connectivity index (χ0) is 7.78. The Balaban J connectivity index is 2.56. The summed E-state index contributed by atoms with van der Waals surface area (Å²) >= 11 is 0. The number of hydrogen-bond acceptors (Lipinski definition) is 1. The third-order valence-electron chi connectivity index (χ3n) is 2.79. The second-order valence-corrected chi connectivity index (χ2v) is 3.65. The minimum absolute atomic E-state index is 0.0691. The van der Waals surface area contributed by atoms with Gasteiger partial charge in [-0.15, -0.1) is 6.58 Å². The van der Waals surface area contributed by atoms with Crippen molar-refractivity contribution < 1.29 is 5.11 Å². The van der Waals surface area contributed by atoms with Gasteiger partial charge >= 0.3 is 0 Å². The third kappa shape index (κ3) is 0.988. The van der Waals surface area contributed by atoms with Gasteiger partial charge in [0, 0.05) is 0 Å². The largest absolute Gasteiger partial charge is 0.393 e. The third-order valence-corrected chi connectivity index (χ3v) is 2.79. The Morgan fingerprint density at radius 1 is 1.60 bits per heavy atom. The van der Waals surface area contributed by atoms with Gasteiger partial charge in [-0.3, -0.25) is 0 Å². The van der Waals surface area contributed by atoms with E-state index in [2.05, 4.69) is 20.4 Å². The zero-order valence-corrected chi connectivity index (χ0v) is 6.80. The van der Waals surface area contributed by atoms with Gasteiger partial charge in [0.2, 0.25) is 0 Å². The molecular formula is C9H16O. The number of allylic oxidation sites excluding steroid dienone is 1. The molecule has 0 aromatic rings. The van der Waals surface area contributed by atoms with Crippen LogP contribution in [0.2, 0.25) is 0 Å². The van der Waals surface area contributed by atoms with Crippen molar-refractivity contribution >= 4 is 0 Å². The van der Waals surface area contributed by atoms with Crippen molar-refractivity contribution in [3.8, 4) is 0 Å². The first kappa shape index (κ1) is 7.80. The normalized spacial score (nSPS) is 39.4. The highest BCUT2D eigenvalue weighted by molar-refractivity contribution is 5.06. The van der Waals surface area contributed by atoms with Crippen molar-refractivity contribution in [2.45, 2.75) is 32.8 Å². The maximum Gasteiger partial charge on any atom is 0.0557 e. The lowest BCUT2D eigenvalue weighted by Crippen LogP contribution is -2.42. The van der Waals surface area contributed by atoms with Crippen LogP contribution in [-0.4, -0.2) is 11.2 Å². The van der Waals surface area contributed by atoms with Gasteiger partial charge in [0.1, 0.15) is 0 Å². The summed E-state index contributed by atoms with van der Waals surface area (Å²) in [5.74, 6) is 0.619. The molecule has 0 aromatic heterocycles. The molecule has 1 heteroatoms. The SMILES string of the molecule is C=CC1(C(C)C)CC(O)C1. The summed E-state index contributed by atoms with van der Waals surface area (Å²) in [6, 6.07) is 0. The summed E-state index contributed by atoms with van der Waals surface area (Å²) in [5.41, 5.74) is 0.249. The average molecular weight is 140 g/mol. The lowest BCUT2D eigenvalue weighted by atomic mass is 9.61. The van der Waals surface area contributed by atoms with Crippen molar-refractivity contribution in [1.82, 2.24) is 0 Å². The molecule has 0 aromatic carbocycles. The first-order valence-corrected chi connectivity index (χ1v) is 3.92. The topological polar surface area (TPSA) is 20.2 Å². The zero-order valence-electron chi connectivity index (χ0n) is 6.80. The molecule has 0 radical (unpaired) electrons. The molecule has 0 unspecified atom stereocenters. The maximum absolute atomic E-state index is 9.12. The van der Waals surface area contributed by atoms with Crippen molar-refractivity contribution in [3.05, 3.63) is 12.7 Å². The molecule has 0 bridgehead atoms. The predicted molar refractivity (Wildman–Crippen MR) is 42.7 cm³/mol. The van der Waals surface area contributed by atoms with Crippen LogP contribution in [0.25, 0.3) is 0 Å². The van der Waals surface area contributed by atoms with Crippen LogP contribution in [0.1, 0.15) is 26.7 Å². The molecule has 1 nitrogen and oxygen atoms in total. The summed E-state index contributed by atoms with van der Waals surface area (Å²) in [6.07, 6.45) is 3.76. The number of aliphatic hydroxyl groups is 1.